The molecule has 0 fully saturated rings. The number of para-hydroxylation sites is 4. The molecule has 4 aromatic carbocycles. The van der Waals surface area contributed by atoms with Gasteiger partial charge in [0.25, 0.3) is 0 Å². The topological polar surface area (TPSA) is 36.1 Å². The number of hydrogen-bond acceptors (Lipinski definition) is 4. The molecule has 3 nitrogen and oxygen atoms in total. The van der Waals surface area contributed by atoms with E-state index in [-0.39, 0.29) is 0 Å². The van der Waals surface area contributed by atoms with E-state index in [4.69, 9.17) is 0 Å². The summed E-state index contributed by atoms with van der Waals surface area (Å²) in [5, 5.41) is 9.78. The molecule has 3 heterocycles. The summed E-state index contributed by atoms with van der Waals surface area (Å²) >= 11 is 1.82. The Morgan fingerprint density at radius 3 is 1.33 bits per heavy atom. The molecule has 0 atom stereocenters. The van der Waals surface area contributed by atoms with E-state index >= 15 is 0 Å². The van der Waals surface area contributed by atoms with E-state index in [2.05, 4.69) is 101 Å². The Labute approximate surface area is 217 Å². The lowest BCUT2D eigenvalue weighted by Gasteiger charge is -2.19. The number of fused-ring (bicyclic) bond motifs is 4. The van der Waals surface area contributed by atoms with Gasteiger partial charge in [0.15, 0.2) is 0 Å². The van der Waals surface area contributed by atoms with Crippen LogP contribution in [0.15, 0.2) is 144 Å². The molecule has 36 heavy (non-hydrogen) atoms. The number of allylic oxidation sites excluding steroid dienone is 4. The van der Waals surface area contributed by atoms with Crippen molar-refractivity contribution in [1.82, 2.24) is 0 Å². The van der Waals surface area contributed by atoms with Crippen LogP contribution in [0, 0.1) is 0 Å². The van der Waals surface area contributed by atoms with Crippen LogP contribution in [-0.2, 0) is 0 Å². The maximum Gasteiger partial charge on any atom is 0.0526 e. The molecule has 4 aromatic rings. The molecule has 0 aromatic heterocycles. The summed E-state index contributed by atoms with van der Waals surface area (Å²) in [5.41, 5.74) is 7.21. The Morgan fingerprint density at radius 2 is 0.833 bits per heavy atom. The summed E-state index contributed by atoms with van der Waals surface area (Å²) < 4.78 is 0. The molecule has 0 aliphatic carbocycles. The molecular formula is C32H27N3S. The highest BCUT2D eigenvalue weighted by atomic mass is 32.2. The average Bonchev–Trinajstić information content (AvgIpc) is 3.33. The first-order valence-corrected chi connectivity index (χ1v) is 12.7. The summed E-state index contributed by atoms with van der Waals surface area (Å²) in [7, 11) is 0. The van der Waals surface area contributed by atoms with Crippen molar-refractivity contribution in [1.29, 1.82) is 0 Å². The zero-order chi connectivity index (χ0) is 24.4. The van der Waals surface area contributed by atoms with Crippen molar-refractivity contribution < 1.29 is 0 Å². The van der Waals surface area contributed by atoms with Crippen LogP contribution >= 0.6 is 11.8 Å². The highest BCUT2D eigenvalue weighted by Crippen LogP contribution is 2.43. The van der Waals surface area contributed by atoms with Gasteiger partial charge in [-0.3, -0.25) is 0 Å². The average molecular weight is 486 g/mol. The SMILES string of the molecule is C1=CNc2ccccc2C=C1.C1=CNc2ccccc2C=C1.c1ccc2c(c1)Nc1ccccc1S2. The fourth-order valence-electron chi connectivity index (χ4n) is 3.83. The monoisotopic (exact) mass is 485 g/mol. The van der Waals surface area contributed by atoms with Gasteiger partial charge in [-0.1, -0.05) is 96.7 Å². The zero-order valence-electron chi connectivity index (χ0n) is 19.8. The Morgan fingerprint density at radius 1 is 0.417 bits per heavy atom. The molecule has 3 aliphatic rings. The number of hydrogen-bond donors (Lipinski definition) is 3. The minimum absolute atomic E-state index is 1.16. The predicted octanol–water partition coefficient (Wildman–Crippen LogP) is 9.17. The van der Waals surface area contributed by atoms with Crippen molar-refractivity contribution >= 4 is 46.7 Å². The van der Waals surface area contributed by atoms with Crippen LogP contribution in [0.25, 0.3) is 12.2 Å². The van der Waals surface area contributed by atoms with Crippen LogP contribution in [0.4, 0.5) is 22.7 Å². The van der Waals surface area contributed by atoms with E-state index < -0.39 is 0 Å². The van der Waals surface area contributed by atoms with E-state index in [1.54, 1.807) is 0 Å². The van der Waals surface area contributed by atoms with E-state index in [0.29, 0.717) is 0 Å². The van der Waals surface area contributed by atoms with Gasteiger partial charge in [-0.25, -0.2) is 0 Å². The molecule has 3 N–H and O–H groups in total. The van der Waals surface area contributed by atoms with E-state index in [0.717, 1.165) is 11.4 Å². The third-order valence-electron chi connectivity index (χ3n) is 5.63. The number of nitrogens with one attached hydrogen (secondary N) is 3. The van der Waals surface area contributed by atoms with Gasteiger partial charge in [0.1, 0.15) is 0 Å². The first kappa shape index (κ1) is 23.3. The maximum absolute atomic E-state index is 3.42. The molecule has 0 spiro atoms. The molecule has 3 aliphatic heterocycles. The minimum atomic E-state index is 1.16. The number of benzene rings is 4. The van der Waals surface area contributed by atoms with Crippen molar-refractivity contribution in [3.8, 4) is 0 Å². The van der Waals surface area contributed by atoms with Gasteiger partial charge in [-0.05, 0) is 59.7 Å². The molecular weight excluding hydrogens is 458 g/mol. The lowest BCUT2D eigenvalue weighted by atomic mass is 10.2. The van der Waals surface area contributed by atoms with E-state index in [1.165, 1.54) is 32.3 Å². The molecule has 0 unspecified atom stereocenters. The Hall–Kier alpha value is -4.41. The van der Waals surface area contributed by atoms with Gasteiger partial charge < -0.3 is 16.0 Å². The summed E-state index contributed by atoms with van der Waals surface area (Å²) in [6.45, 7) is 0. The van der Waals surface area contributed by atoms with Crippen LogP contribution in [0.5, 0.6) is 0 Å². The Kier molecular flexibility index (Phi) is 7.67. The van der Waals surface area contributed by atoms with Gasteiger partial charge in [0, 0.05) is 33.6 Å². The summed E-state index contributed by atoms with van der Waals surface area (Å²) in [6, 6.07) is 33.2. The molecule has 0 amide bonds. The van der Waals surface area contributed by atoms with Crippen molar-refractivity contribution in [2.45, 2.75) is 9.79 Å². The fourth-order valence-corrected chi connectivity index (χ4v) is 4.82. The second kappa shape index (κ2) is 11.8. The van der Waals surface area contributed by atoms with Gasteiger partial charge in [-0.2, -0.15) is 0 Å². The highest BCUT2D eigenvalue weighted by molar-refractivity contribution is 7.99. The van der Waals surface area contributed by atoms with Crippen LogP contribution in [0.1, 0.15) is 11.1 Å². The van der Waals surface area contributed by atoms with Crippen molar-refractivity contribution in [2.75, 3.05) is 16.0 Å². The number of rotatable bonds is 0. The Bertz CT molecular complexity index is 1300. The molecule has 0 saturated heterocycles. The standard InChI is InChI=1S/C12H9NS.2C10H9N/c1-3-7-11-9(5-1)13-10-6-2-4-8-12(10)14-11;2*1-2-7-10-9(5-1)6-3-4-8-11-10/h1-8,13H;2*1-8,11H. The minimum Gasteiger partial charge on any atom is -0.361 e. The number of anilines is 4. The van der Waals surface area contributed by atoms with Crippen LogP contribution in [-0.4, -0.2) is 0 Å². The summed E-state index contributed by atoms with van der Waals surface area (Å²) in [4.78, 5) is 2.59. The van der Waals surface area contributed by atoms with Crippen molar-refractivity contribution in [3.63, 3.8) is 0 Å². The maximum atomic E-state index is 3.42. The summed E-state index contributed by atoms with van der Waals surface area (Å²) in [6.07, 6.45) is 16.1. The lowest BCUT2D eigenvalue weighted by molar-refractivity contribution is 1.32. The molecule has 7 rings (SSSR count). The van der Waals surface area contributed by atoms with Gasteiger partial charge >= 0.3 is 0 Å². The second-order valence-corrected chi connectivity index (χ2v) is 9.20. The second-order valence-electron chi connectivity index (χ2n) is 8.12. The highest BCUT2D eigenvalue weighted by Gasteiger charge is 2.13. The quantitative estimate of drug-likeness (QED) is 0.204. The first-order valence-electron chi connectivity index (χ1n) is 11.9. The molecule has 176 valence electrons. The lowest BCUT2D eigenvalue weighted by Crippen LogP contribution is -1.98. The van der Waals surface area contributed by atoms with Gasteiger partial charge in [0.05, 0.1) is 11.4 Å². The van der Waals surface area contributed by atoms with Crippen LogP contribution in [0.3, 0.4) is 0 Å². The van der Waals surface area contributed by atoms with E-state index in [9.17, 15) is 0 Å². The smallest absolute Gasteiger partial charge is 0.0526 e. The largest absolute Gasteiger partial charge is 0.361 e. The first-order chi connectivity index (χ1) is 17.9. The zero-order valence-corrected chi connectivity index (χ0v) is 20.6. The molecule has 4 heteroatoms. The van der Waals surface area contributed by atoms with Crippen LogP contribution < -0.4 is 16.0 Å². The van der Waals surface area contributed by atoms with Crippen molar-refractivity contribution in [3.05, 3.63) is 145 Å². The molecule has 0 radical (unpaired) electrons. The van der Waals surface area contributed by atoms with Gasteiger partial charge in [-0.15, -0.1) is 0 Å². The summed E-state index contributed by atoms with van der Waals surface area (Å²) in [5.74, 6) is 0. The normalized spacial score (nSPS) is 13.1. The third kappa shape index (κ3) is 5.98. The molecule has 0 bridgehead atoms. The Balaban J connectivity index is 0.000000112. The fraction of sp³-hybridized carbons (Fsp3) is 0. The van der Waals surface area contributed by atoms with Crippen molar-refractivity contribution in [2.24, 2.45) is 0 Å². The van der Waals surface area contributed by atoms with Gasteiger partial charge in [0.2, 0.25) is 0 Å². The van der Waals surface area contributed by atoms with E-state index in [1.807, 2.05) is 72.7 Å². The van der Waals surface area contributed by atoms with Crippen LogP contribution in [0.2, 0.25) is 0 Å². The third-order valence-corrected chi connectivity index (χ3v) is 6.78. The predicted molar refractivity (Wildman–Crippen MR) is 157 cm³/mol. The molecule has 0 saturated carbocycles.